The standard InChI is InChI=1S/C13H26/c1-5-9-12(4)10-8-11-13(6-2)7-3/h8,11-13H,5-7,9-10H2,1-4H3. The van der Waals surface area contributed by atoms with E-state index in [1.165, 1.54) is 32.1 Å². The summed E-state index contributed by atoms with van der Waals surface area (Å²) in [6.45, 7) is 9.16. The maximum Gasteiger partial charge on any atom is -0.0239 e. The van der Waals surface area contributed by atoms with Crippen molar-refractivity contribution >= 4 is 0 Å². The smallest absolute Gasteiger partial charge is 0.0239 e. The highest BCUT2D eigenvalue weighted by Crippen LogP contribution is 2.13. The molecule has 0 aromatic rings. The van der Waals surface area contributed by atoms with Crippen LogP contribution in [0.1, 0.15) is 59.8 Å². The average Bonchev–Trinajstić information content (AvgIpc) is 2.13. The minimum Gasteiger partial charge on any atom is -0.0880 e. The van der Waals surface area contributed by atoms with Gasteiger partial charge in [0.15, 0.2) is 0 Å². The van der Waals surface area contributed by atoms with Crippen molar-refractivity contribution in [2.24, 2.45) is 11.8 Å². The first-order valence-corrected chi connectivity index (χ1v) is 5.91. The van der Waals surface area contributed by atoms with Crippen LogP contribution in [0.2, 0.25) is 0 Å². The molecule has 78 valence electrons. The molecule has 0 heterocycles. The van der Waals surface area contributed by atoms with E-state index in [2.05, 4.69) is 39.8 Å². The summed E-state index contributed by atoms with van der Waals surface area (Å²) in [4.78, 5) is 0. The van der Waals surface area contributed by atoms with Crippen molar-refractivity contribution in [3.8, 4) is 0 Å². The molecule has 0 rings (SSSR count). The van der Waals surface area contributed by atoms with E-state index in [0.717, 1.165) is 11.8 Å². The Morgan fingerprint density at radius 3 is 2.15 bits per heavy atom. The lowest BCUT2D eigenvalue weighted by molar-refractivity contribution is 0.527. The molecule has 0 bridgehead atoms. The molecule has 0 radical (unpaired) electrons. The number of hydrogen-bond donors (Lipinski definition) is 0. The maximum absolute atomic E-state index is 2.41. The SMILES string of the molecule is CCCC(C)CC=CC(CC)CC. The quantitative estimate of drug-likeness (QED) is 0.496. The highest BCUT2D eigenvalue weighted by atomic mass is 14.0. The topological polar surface area (TPSA) is 0 Å². The molecule has 0 heteroatoms. The third-order valence-electron chi connectivity index (χ3n) is 2.78. The van der Waals surface area contributed by atoms with Crippen molar-refractivity contribution in [3.05, 3.63) is 12.2 Å². The first-order valence-electron chi connectivity index (χ1n) is 5.91. The summed E-state index contributed by atoms with van der Waals surface area (Å²) in [6, 6.07) is 0. The Bertz CT molecular complexity index is 120. The van der Waals surface area contributed by atoms with Crippen molar-refractivity contribution < 1.29 is 0 Å². The van der Waals surface area contributed by atoms with E-state index in [1.54, 1.807) is 0 Å². The van der Waals surface area contributed by atoms with Gasteiger partial charge in [-0.2, -0.15) is 0 Å². The Hall–Kier alpha value is -0.260. The van der Waals surface area contributed by atoms with E-state index in [0.29, 0.717) is 0 Å². The first kappa shape index (κ1) is 12.7. The molecule has 0 aliphatic carbocycles. The van der Waals surface area contributed by atoms with Crippen LogP contribution in [0.5, 0.6) is 0 Å². The van der Waals surface area contributed by atoms with E-state index in [9.17, 15) is 0 Å². The molecule has 0 saturated heterocycles. The summed E-state index contributed by atoms with van der Waals surface area (Å²) in [5.41, 5.74) is 0. The van der Waals surface area contributed by atoms with Gasteiger partial charge in [0.1, 0.15) is 0 Å². The highest BCUT2D eigenvalue weighted by molar-refractivity contribution is 4.88. The Kier molecular flexibility index (Phi) is 8.18. The molecule has 0 fully saturated rings. The molecular weight excluding hydrogens is 156 g/mol. The van der Waals surface area contributed by atoms with Crippen LogP contribution >= 0.6 is 0 Å². The zero-order chi connectivity index (χ0) is 10.1. The monoisotopic (exact) mass is 182 g/mol. The van der Waals surface area contributed by atoms with E-state index in [1.807, 2.05) is 0 Å². The molecule has 0 amide bonds. The van der Waals surface area contributed by atoms with Crippen LogP contribution in [0.15, 0.2) is 12.2 Å². The van der Waals surface area contributed by atoms with Crippen molar-refractivity contribution in [2.45, 2.75) is 59.8 Å². The zero-order valence-corrected chi connectivity index (χ0v) is 9.84. The van der Waals surface area contributed by atoms with Gasteiger partial charge in [0.2, 0.25) is 0 Å². The van der Waals surface area contributed by atoms with Crippen LogP contribution in [0.3, 0.4) is 0 Å². The van der Waals surface area contributed by atoms with E-state index >= 15 is 0 Å². The Labute approximate surface area is 84.4 Å². The third kappa shape index (κ3) is 6.86. The fourth-order valence-electron chi connectivity index (χ4n) is 1.67. The molecule has 0 aliphatic heterocycles. The Morgan fingerprint density at radius 1 is 1.08 bits per heavy atom. The molecule has 0 nitrogen and oxygen atoms in total. The molecule has 0 N–H and O–H groups in total. The van der Waals surface area contributed by atoms with Gasteiger partial charge in [-0.15, -0.1) is 0 Å². The van der Waals surface area contributed by atoms with Crippen LogP contribution in [-0.2, 0) is 0 Å². The van der Waals surface area contributed by atoms with Crippen molar-refractivity contribution in [1.82, 2.24) is 0 Å². The summed E-state index contributed by atoms with van der Waals surface area (Å²) in [5, 5.41) is 0. The summed E-state index contributed by atoms with van der Waals surface area (Å²) in [6.07, 6.45) is 11.3. The number of allylic oxidation sites excluding steroid dienone is 2. The number of rotatable bonds is 7. The molecule has 0 aliphatic rings. The minimum absolute atomic E-state index is 0.814. The lowest BCUT2D eigenvalue weighted by Crippen LogP contribution is -1.93. The largest absolute Gasteiger partial charge is 0.0880 e. The lowest BCUT2D eigenvalue weighted by Gasteiger charge is -2.08. The molecule has 0 aromatic heterocycles. The predicted molar refractivity (Wildman–Crippen MR) is 61.9 cm³/mol. The summed E-state index contributed by atoms with van der Waals surface area (Å²) in [5.74, 6) is 1.68. The summed E-state index contributed by atoms with van der Waals surface area (Å²) >= 11 is 0. The van der Waals surface area contributed by atoms with E-state index in [4.69, 9.17) is 0 Å². The Morgan fingerprint density at radius 2 is 1.69 bits per heavy atom. The highest BCUT2D eigenvalue weighted by Gasteiger charge is 1.99. The van der Waals surface area contributed by atoms with Gasteiger partial charge in [-0.3, -0.25) is 0 Å². The van der Waals surface area contributed by atoms with Crippen LogP contribution in [-0.4, -0.2) is 0 Å². The van der Waals surface area contributed by atoms with Gasteiger partial charge in [0.05, 0.1) is 0 Å². The predicted octanol–water partition coefficient (Wildman–Crippen LogP) is 4.81. The van der Waals surface area contributed by atoms with Crippen molar-refractivity contribution in [2.75, 3.05) is 0 Å². The minimum atomic E-state index is 0.814. The molecular formula is C13H26. The molecule has 1 atom stereocenters. The maximum atomic E-state index is 2.41. The van der Waals surface area contributed by atoms with Crippen LogP contribution in [0.25, 0.3) is 0 Å². The normalized spacial score (nSPS) is 14.2. The third-order valence-corrected chi connectivity index (χ3v) is 2.78. The second-order valence-corrected chi connectivity index (χ2v) is 4.13. The molecule has 1 unspecified atom stereocenters. The zero-order valence-electron chi connectivity index (χ0n) is 9.84. The van der Waals surface area contributed by atoms with Gasteiger partial charge < -0.3 is 0 Å². The van der Waals surface area contributed by atoms with Crippen LogP contribution in [0, 0.1) is 11.8 Å². The molecule has 13 heavy (non-hydrogen) atoms. The molecule has 0 spiro atoms. The Balaban J connectivity index is 3.59. The van der Waals surface area contributed by atoms with Crippen molar-refractivity contribution in [3.63, 3.8) is 0 Å². The van der Waals surface area contributed by atoms with Crippen LogP contribution < -0.4 is 0 Å². The lowest BCUT2D eigenvalue weighted by atomic mass is 9.98. The fraction of sp³-hybridized carbons (Fsp3) is 0.846. The van der Waals surface area contributed by atoms with Gasteiger partial charge >= 0.3 is 0 Å². The average molecular weight is 182 g/mol. The van der Waals surface area contributed by atoms with Gasteiger partial charge in [-0.1, -0.05) is 52.7 Å². The molecule has 0 saturated carbocycles. The van der Waals surface area contributed by atoms with Gasteiger partial charge in [0, 0.05) is 0 Å². The first-order chi connectivity index (χ1) is 6.24. The van der Waals surface area contributed by atoms with Gasteiger partial charge in [0.25, 0.3) is 0 Å². The molecule has 0 aromatic carbocycles. The van der Waals surface area contributed by atoms with Crippen molar-refractivity contribution in [1.29, 1.82) is 0 Å². The van der Waals surface area contributed by atoms with Crippen LogP contribution in [0.4, 0.5) is 0 Å². The van der Waals surface area contributed by atoms with E-state index in [-0.39, 0.29) is 0 Å². The van der Waals surface area contributed by atoms with E-state index < -0.39 is 0 Å². The van der Waals surface area contributed by atoms with Gasteiger partial charge in [-0.25, -0.2) is 0 Å². The number of hydrogen-bond acceptors (Lipinski definition) is 0. The second-order valence-electron chi connectivity index (χ2n) is 4.13. The fourth-order valence-corrected chi connectivity index (χ4v) is 1.67. The summed E-state index contributed by atoms with van der Waals surface area (Å²) < 4.78 is 0. The van der Waals surface area contributed by atoms with Gasteiger partial charge in [-0.05, 0) is 31.1 Å². The summed E-state index contributed by atoms with van der Waals surface area (Å²) in [7, 11) is 0. The second kappa shape index (κ2) is 8.34.